The normalized spacial score (nSPS) is 15.9. The lowest BCUT2D eigenvalue weighted by atomic mass is 10.2. The van der Waals surface area contributed by atoms with E-state index in [2.05, 4.69) is 10.6 Å². The molecule has 1 fully saturated rings. The molecule has 4 N–H and O–H groups in total. The molecule has 1 aromatic rings. The van der Waals surface area contributed by atoms with Crippen molar-refractivity contribution in [1.82, 2.24) is 10.6 Å². The van der Waals surface area contributed by atoms with Crippen LogP contribution < -0.4 is 10.6 Å². The summed E-state index contributed by atoms with van der Waals surface area (Å²) in [5, 5.41) is 21.6. The Morgan fingerprint density at radius 2 is 1.91 bits per heavy atom. The van der Waals surface area contributed by atoms with Crippen LogP contribution in [0.15, 0.2) is 30.3 Å². The number of alkyl carbamates (subject to hydrolysis) is 1. The molecule has 1 aliphatic heterocycles. The van der Waals surface area contributed by atoms with Crippen LogP contribution in [0.25, 0.3) is 0 Å². The van der Waals surface area contributed by atoms with Crippen molar-refractivity contribution in [2.75, 3.05) is 13.1 Å². The highest BCUT2D eigenvalue weighted by Crippen LogP contribution is 2.03. The third kappa shape index (κ3) is 8.42. The fraction of sp³-hybridized carbons (Fsp3) is 0.400. The number of carbonyl (C=O) groups is 3. The number of ether oxygens (including phenoxy) is 1. The van der Waals surface area contributed by atoms with E-state index in [0.29, 0.717) is 0 Å². The summed E-state index contributed by atoms with van der Waals surface area (Å²) in [5.74, 6) is -1.82. The molecule has 0 aromatic heterocycles. The zero-order valence-electron chi connectivity index (χ0n) is 12.5. The predicted molar refractivity (Wildman–Crippen MR) is 80.9 cm³/mol. The Hall–Kier alpha value is -2.61. The Morgan fingerprint density at radius 3 is 2.39 bits per heavy atom. The van der Waals surface area contributed by atoms with Gasteiger partial charge in [0.05, 0.1) is 0 Å². The SMILES string of the molecule is O=C(O)CNC(=O)OCc1ccccc1.O=C(O)[C@@H]1CCCN1. The van der Waals surface area contributed by atoms with Crippen molar-refractivity contribution in [3.05, 3.63) is 35.9 Å². The summed E-state index contributed by atoms with van der Waals surface area (Å²) in [5.41, 5.74) is 0.850. The maximum Gasteiger partial charge on any atom is 0.407 e. The molecular weight excluding hydrogens is 304 g/mol. The van der Waals surface area contributed by atoms with E-state index in [0.717, 1.165) is 24.9 Å². The molecule has 1 amide bonds. The van der Waals surface area contributed by atoms with Gasteiger partial charge in [-0.3, -0.25) is 9.59 Å². The summed E-state index contributed by atoms with van der Waals surface area (Å²) in [7, 11) is 0. The number of amides is 1. The molecule has 8 heteroatoms. The summed E-state index contributed by atoms with van der Waals surface area (Å²) in [6.07, 6.45) is 1.05. The monoisotopic (exact) mass is 324 g/mol. The first-order chi connectivity index (χ1) is 11.0. The topological polar surface area (TPSA) is 125 Å². The molecule has 0 unspecified atom stereocenters. The molecule has 0 saturated carbocycles. The average Bonchev–Trinajstić information content (AvgIpc) is 3.07. The van der Waals surface area contributed by atoms with Gasteiger partial charge in [-0.2, -0.15) is 0 Å². The summed E-state index contributed by atoms with van der Waals surface area (Å²) < 4.78 is 4.77. The van der Waals surface area contributed by atoms with E-state index >= 15 is 0 Å². The quantitative estimate of drug-likeness (QED) is 0.632. The molecule has 2 rings (SSSR count). The number of hydrogen-bond acceptors (Lipinski definition) is 5. The third-order valence-corrected chi connectivity index (χ3v) is 2.96. The van der Waals surface area contributed by atoms with E-state index in [1.54, 1.807) is 0 Å². The molecule has 1 heterocycles. The largest absolute Gasteiger partial charge is 0.480 e. The van der Waals surface area contributed by atoms with E-state index in [1.807, 2.05) is 30.3 Å². The van der Waals surface area contributed by atoms with Gasteiger partial charge in [-0.15, -0.1) is 0 Å². The predicted octanol–water partition coefficient (Wildman–Crippen LogP) is 0.820. The van der Waals surface area contributed by atoms with Crippen LogP contribution in [0, 0.1) is 0 Å². The summed E-state index contributed by atoms with van der Waals surface area (Å²) in [4.78, 5) is 31.2. The Labute approximate surface area is 133 Å². The van der Waals surface area contributed by atoms with Crippen molar-refractivity contribution >= 4 is 18.0 Å². The Bertz CT molecular complexity index is 514. The van der Waals surface area contributed by atoms with Gasteiger partial charge in [0.25, 0.3) is 0 Å². The average molecular weight is 324 g/mol. The van der Waals surface area contributed by atoms with E-state index < -0.39 is 24.6 Å². The highest BCUT2D eigenvalue weighted by atomic mass is 16.5. The summed E-state index contributed by atoms with van der Waals surface area (Å²) in [6, 6.07) is 8.86. The second-order valence-corrected chi connectivity index (χ2v) is 4.80. The standard InChI is InChI=1S/C10H11NO4.C5H9NO2/c12-9(13)6-11-10(14)15-7-8-4-2-1-3-5-8;7-5(8)4-2-1-3-6-4/h1-5H,6-7H2,(H,11,14)(H,12,13);4,6H,1-3H2,(H,7,8)/t;4-/m.0/s1. The molecule has 8 nitrogen and oxygen atoms in total. The molecular formula is C15H20N2O6. The number of carboxylic acid groups (broad SMARTS) is 2. The molecule has 0 aliphatic carbocycles. The Kier molecular flexibility index (Phi) is 8.16. The molecule has 1 atom stereocenters. The number of nitrogens with one attached hydrogen (secondary N) is 2. The van der Waals surface area contributed by atoms with Gasteiger partial charge in [0.2, 0.25) is 0 Å². The fourth-order valence-corrected chi connectivity index (χ4v) is 1.82. The van der Waals surface area contributed by atoms with Gasteiger partial charge in [-0.05, 0) is 24.9 Å². The van der Waals surface area contributed by atoms with Crippen molar-refractivity contribution < 1.29 is 29.3 Å². The second kappa shape index (κ2) is 10.2. The molecule has 126 valence electrons. The van der Waals surface area contributed by atoms with Crippen LogP contribution in [0.3, 0.4) is 0 Å². The number of carboxylic acids is 2. The van der Waals surface area contributed by atoms with Crippen LogP contribution >= 0.6 is 0 Å². The smallest absolute Gasteiger partial charge is 0.407 e. The number of benzene rings is 1. The highest BCUT2D eigenvalue weighted by Gasteiger charge is 2.20. The van der Waals surface area contributed by atoms with Crippen LogP contribution in [-0.4, -0.2) is 47.4 Å². The van der Waals surface area contributed by atoms with Crippen molar-refractivity contribution in [3.8, 4) is 0 Å². The van der Waals surface area contributed by atoms with Crippen LogP contribution in [0.1, 0.15) is 18.4 Å². The van der Waals surface area contributed by atoms with Crippen LogP contribution in [-0.2, 0) is 20.9 Å². The van der Waals surface area contributed by atoms with E-state index in [4.69, 9.17) is 14.9 Å². The Balaban J connectivity index is 0.000000277. The van der Waals surface area contributed by atoms with E-state index in [1.165, 1.54) is 0 Å². The molecule has 0 radical (unpaired) electrons. The first-order valence-electron chi connectivity index (χ1n) is 7.11. The minimum atomic E-state index is -1.10. The van der Waals surface area contributed by atoms with Gasteiger partial charge in [-0.25, -0.2) is 4.79 Å². The molecule has 0 bridgehead atoms. The van der Waals surface area contributed by atoms with Gasteiger partial charge < -0.3 is 25.6 Å². The second-order valence-electron chi connectivity index (χ2n) is 4.80. The fourth-order valence-electron chi connectivity index (χ4n) is 1.82. The van der Waals surface area contributed by atoms with Crippen molar-refractivity contribution in [2.24, 2.45) is 0 Å². The number of rotatable bonds is 5. The van der Waals surface area contributed by atoms with Crippen LogP contribution in [0.2, 0.25) is 0 Å². The number of hydrogen-bond donors (Lipinski definition) is 4. The third-order valence-electron chi connectivity index (χ3n) is 2.96. The summed E-state index contributed by atoms with van der Waals surface area (Å²) >= 11 is 0. The van der Waals surface area contributed by atoms with E-state index in [-0.39, 0.29) is 12.6 Å². The first kappa shape index (κ1) is 18.4. The molecule has 0 spiro atoms. The summed E-state index contributed by atoms with van der Waals surface area (Å²) in [6.45, 7) is 0.552. The Morgan fingerprint density at radius 1 is 1.22 bits per heavy atom. The molecule has 23 heavy (non-hydrogen) atoms. The van der Waals surface area contributed by atoms with Gasteiger partial charge in [-0.1, -0.05) is 30.3 Å². The van der Waals surface area contributed by atoms with Crippen molar-refractivity contribution in [1.29, 1.82) is 0 Å². The lowest BCUT2D eigenvalue weighted by molar-refractivity contribution is -0.139. The molecule has 1 saturated heterocycles. The molecule has 1 aliphatic rings. The van der Waals surface area contributed by atoms with Gasteiger partial charge in [0.15, 0.2) is 0 Å². The zero-order valence-corrected chi connectivity index (χ0v) is 12.5. The number of carbonyl (C=O) groups excluding carboxylic acids is 1. The van der Waals surface area contributed by atoms with Gasteiger partial charge in [0.1, 0.15) is 19.2 Å². The zero-order chi connectivity index (χ0) is 17.1. The highest BCUT2D eigenvalue weighted by molar-refractivity contribution is 5.76. The van der Waals surface area contributed by atoms with Crippen LogP contribution in [0.5, 0.6) is 0 Å². The van der Waals surface area contributed by atoms with Gasteiger partial charge >= 0.3 is 18.0 Å². The maximum absolute atomic E-state index is 10.9. The van der Waals surface area contributed by atoms with Crippen molar-refractivity contribution in [2.45, 2.75) is 25.5 Å². The minimum Gasteiger partial charge on any atom is -0.480 e. The van der Waals surface area contributed by atoms with E-state index in [9.17, 15) is 14.4 Å². The van der Waals surface area contributed by atoms with Gasteiger partial charge in [0, 0.05) is 0 Å². The first-order valence-corrected chi connectivity index (χ1v) is 7.11. The minimum absolute atomic E-state index is 0.131. The number of aliphatic carboxylic acids is 2. The van der Waals surface area contributed by atoms with Crippen LogP contribution in [0.4, 0.5) is 4.79 Å². The lowest BCUT2D eigenvalue weighted by Gasteiger charge is -2.04. The lowest BCUT2D eigenvalue weighted by Crippen LogP contribution is -2.29. The molecule has 1 aromatic carbocycles. The maximum atomic E-state index is 10.9. The van der Waals surface area contributed by atoms with Crippen molar-refractivity contribution in [3.63, 3.8) is 0 Å².